The van der Waals surface area contributed by atoms with E-state index < -0.39 is 17.3 Å². The Kier molecular flexibility index (Phi) is 3.67. The quantitative estimate of drug-likeness (QED) is 0.743. The predicted molar refractivity (Wildman–Crippen MR) is 92.7 cm³/mol. The molecule has 136 valence electrons. The van der Waals surface area contributed by atoms with Gasteiger partial charge in [0.2, 0.25) is 0 Å². The van der Waals surface area contributed by atoms with Crippen LogP contribution in [0.25, 0.3) is 0 Å². The molecule has 4 nitrogen and oxygen atoms in total. The molecule has 4 rings (SSSR count). The minimum absolute atomic E-state index is 0.0523. The number of Topliss-reactive ketones (excluding diaryl/α,β-unsaturated/α-hetero) is 2. The zero-order valence-electron chi connectivity index (χ0n) is 15.4. The summed E-state index contributed by atoms with van der Waals surface area (Å²) in [6.45, 7) is 5.95. The molecule has 0 aromatic rings. The number of ketones is 3. The van der Waals surface area contributed by atoms with Crippen LogP contribution in [0, 0.1) is 34.5 Å². The van der Waals surface area contributed by atoms with Gasteiger partial charge in [-0.2, -0.15) is 0 Å². The number of hydrogen-bond acceptors (Lipinski definition) is 4. The zero-order chi connectivity index (χ0) is 18.1. The summed E-state index contributed by atoms with van der Waals surface area (Å²) in [6.07, 6.45) is 5.71. The number of aliphatic hydroxyl groups is 1. The van der Waals surface area contributed by atoms with Gasteiger partial charge in [0.15, 0.2) is 17.7 Å². The standard InChI is InChI=1S/C21H28O4/c1-11(22)14-6-7-15-13-5-4-12-10-17(23)18(24)19(25)21(12,3)16(13)8-9-20(14,15)2/h10,13-16,18,24H,4-9H2,1-3H3/t13-,14+,15-,16-,18?,20+,21-/m0/s1. The zero-order valence-corrected chi connectivity index (χ0v) is 15.4. The van der Waals surface area contributed by atoms with Gasteiger partial charge in [0.1, 0.15) is 5.78 Å². The lowest BCUT2D eigenvalue weighted by atomic mass is 9.46. The summed E-state index contributed by atoms with van der Waals surface area (Å²) in [5.41, 5.74) is 0.279. The summed E-state index contributed by atoms with van der Waals surface area (Å²) in [6, 6.07) is 0. The molecule has 3 fully saturated rings. The van der Waals surface area contributed by atoms with Crippen molar-refractivity contribution in [2.75, 3.05) is 0 Å². The SMILES string of the molecule is CC(=O)[C@H]1CC[C@H]2[C@@H]3CCC4=CC(=O)C(O)C(=O)[C@]4(C)[C@H]3CC[C@]12C. The molecule has 1 N–H and O–H groups in total. The highest BCUT2D eigenvalue weighted by Crippen LogP contribution is 2.66. The van der Waals surface area contributed by atoms with Crippen LogP contribution in [0.2, 0.25) is 0 Å². The minimum Gasteiger partial charge on any atom is -0.377 e. The summed E-state index contributed by atoms with van der Waals surface area (Å²) in [4.78, 5) is 37.0. The van der Waals surface area contributed by atoms with Crippen LogP contribution in [-0.4, -0.2) is 28.6 Å². The predicted octanol–water partition coefficient (Wildman–Crippen LogP) is 2.87. The Hall–Kier alpha value is -1.29. The molecule has 0 spiro atoms. The molecule has 0 aromatic carbocycles. The minimum atomic E-state index is -1.49. The van der Waals surface area contributed by atoms with Crippen LogP contribution in [0.4, 0.5) is 0 Å². The molecule has 4 heteroatoms. The molecule has 4 aliphatic carbocycles. The maximum absolute atomic E-state index is 12.9. The molecule has 4 aliphatic rings. The highest BCUT2D eigenvalue weighted by molar-refractivity contribution is 6.16. The number of fused-ring (bicyclic) bond motifs is 5. The van der Waals surface area contributed by atoms with E-state index in [9.17, 15) is 19.5 Å². The number of carbonyl (C=O) groups is 3. The van der Waals surface area contributed by atoms with Crippen molar-refractivity contribution in [2.45, 2.75) is 65.4 Å². The Labute approximate surface area is 149 Å². The topological polar surface area (TPSA) is 71.4 Å². The summed E-state index contributed by atoms with van der Waals surface area (Å²) in [5, 5.41) is 10.1. The molecule has 0 saturated heterocycles. The van der Waals surface area contributed by atoms with E-state index in [0.29, 0.717) is 17.6 Å². The first-order chi connectivity index (χ1) is 11.7. The lowest BCUT2D eigenvalue weighted by Gasteiger charge is -2.57. The van der Waals surface area contributed by atoms with Crippen molar-refractivity contribution in [2.24, 2.45) is 34.5 Å². The van der Waals surface area contributed by atoms with Crippen molar-refractivity contribution < 1.29 is 19.5 Å². The third kappa shape index (κ3) is 2.06. The lowest BCUT2D eigenvalue weighted by Crippen LogP contribution is -2.57. The largest absolute Gasteiger partial charge is 0.377 e. The lowest BCUT2D eigenvalue weighted by molar-refractivity contribution is -0.151. The Morgan fingerprint density at radius 2 is 1.84 bits per heavy atom. The van der Waals surface area contributed by atoms with E-state index in [4.69, 9.17) is 0 Å². The molecule has 25 heavy (non-hydrogen) atoms. The van der Waals surface area contributed by atoms with Gasteiger partial charge in [0.05, 0.1) is 5.41 Å². The second-order valence-corrected chi connectivity index (χ2v) is 9.24. The summed E-state index contributed by atoms with van der Waals surface area (Å²) in [7, 11) is 0. The van der Waals surface area contributed by atoms with Crippen molar-refractivity contribution in [3.8, 4) is 0 Å². The monoisotopic (exact) mass is 344 g/mol. The third-order valence-electron chi connectivity index (χ3n) is 8.43. The molecular formula is C21H28O4. The van der Waals surface area contributed by atoms with Crippen molar-refractivity contribution in [3.63, 3.8) is 0 Å². The van der Waals surface area contributed by atoms with Gasteiger partial charge in [-0.15, -0.1) is 0 Å². The highest BCUT2D eigenvalue weighted by Gasteiger charge is 2.62. The van der Waals surface area contributed by atoms with Gasteiger partial charge in [-0.05, 0) is 81.6 Å². The van der Waals surface area contributed by atoms with E-state index >= 15 is 0 Å². The van der Waals surface area contributed by atoms with Gasteiger partial charge < -0.3 is 5.11 Å². The molecule has 0 heterocycles. The van der Waals surface area contributed by atoms with Crippen LogP contribution < -0.4 is 0 Å². The number of allylic oxidation sites excluding steroid dienone is 1. The first kappa shape index (κ1) is 17.1. The fourth-order valence-electron chi connectivity index (χ4n) is 7.12. The van der Waals surface area contributed by atoms with Gasteiger partial charge in [0.25, 0.3) is 0 Å². The Morgan fingerprint density at radius 3 is 2.52 bits per heavy atom. The summed E-state index contributed by atoms with van der Waals surface area (Å²) < 4.78 is 0. The second-order valence-electron chi connectivity index (χ2n) is 9.24. The number of hydrogen-bond donors (Lipinski definition) is 1. The van der Waals surface area contributed by atoms with Crippen LogP contribution in [0.1, 0.15) is 59.3 Å². The third-order valence-corrected chi connectivity index (χ3v) is 8.43. The van der Waals surface area contributed by atoms with Gasteiger partial charge in [-0.25, -0.2) is 0 Å². The Balaban J connectivity index is 1.73. The molecule has 3 saturated carbocycles. The van der Waals surface area contributed by atoms with E-state index in [1.807, 2.05) is 6.92 Å². The molecule has 0 aromatic heterocycles. The molecule has 0 radical (unpaired) electrons. The first-order valence-electron chi connectivity index (χ1n) is 9.69. The fourth-order valence-corrected chi connectivity index (χ4v) is 7.12. The molecular weight excluding hydrogens is 316 g/mol. The van der Waals surface area contributed by atoms with Crippen LogP contribution in [0.5, 0.6) is 0 Å². The molecule has 7 atom stereocenters. The van der Waals surface area contributed by atoms with Crippen molar-refractivity contribution in [1.29, 1.82) is 0 Å². The van der Waals surface area contributed by atoms with Crippen molar-refractivity contribution in [1.82, 2.24) is 0 Å². The van der Waals surface area contributed by atoms with Crippen molar-refractivity contribution >= 4 is 17.3 Å². The molecule has 1 unspecified atom stereocenters. The Bertz CT molecular complexity index is 692. The summed E-state index contributed by atoms with van der Waals surface area (Å²) >= 11 is 0. The Morgan fingerprint density at radius 1 is 1.12 bits per heavy atom. The fraction of sp³-hybridized carbons (Fsp3) is 0.762. The van der Waals surface area contributed by atoms with Gasteiger partial charge in [-0.1, -0.05) is 12.5 Å². The normalized spacial score (nSPS) is 49.1. The first-order valence-corrected chi connectivity index (χ1v) is 9.69. The maximum atomic E-state index is 12.9. The summed E-state index contributed by atoms with van der Waals surface area (Å²) in [5.74, 6) is 0.781. The number of carbonyl (C=O) groups excluding carboxylic acids is 3. The molecule has 0 bridgehead atoms. The average Bonchev–Trinajstić information content (AvgIpc) is 2.92. The number of rotatable bonds is 1. The molecule has 0 amide bonds. The van der Waals surface area contributed by atoms with Crippen molar-refractivity contribution in [3.05, 3.63) is 11.6 Å². The van der Waals surface area contributed by atoms with E-state index in [2.05, 4.69) is 6.92 Å². The van der Waals surface area contributed by atoms with E-state index in [0.717, 1.165) is 44.1 Å². The van der Waals surface area contributed by atoms with Crippen LogP contribution >= 0.6 is 0 Å². The van der Waals surface area contributed by atoms with Gasteiger partial charge in [-0.3, -0.25) is 14.4 Å². The molecule has 0 aliphatic heterocycles. The number of aliphatic hydroxyl groups excluding tert-OH is 1. The van der Waals surface area contributed by atoms with Crippen LogP contribution in [0.3, 0.4) is 0 Å². The van der Waals surface area contributed by atoms with E-state index in [1.54, 1.807) is 13.0 Å². The van der Waals surface area contributed by atoms with Gasteiger partial charge in [0, 0.05) is 5.92 Å². The average molecular weight is 344 g/mol. The maximum Gasteiger partial charge on any atom is 0.191 e. The second kappa shape index (κ2) is 5.35. The smallest absolute Gasteiger partial charge is 0.191 e. The van der Waals surface area contributed by atoms with E-state index in [-0.39, 0.29) is 23.0 Å². The highest BCUT2D eigenvalue weighted by atomic mass is 16.3. The van der Waals surface area contributed by atoms with Crippen LogP contribution in [0.15, 0.2) is 11.6 Å². The van der Waals surface area contributed by atoms with Crippen LogP contribution in [-0.2, 0) is 14.4 Å². The van der Waals surface area contributed by atoms with E-state index in [1.165, 1.54) is 0 Å². The van der Waals surface area contributed by atoms with Gasteiger partial charge >= 0.3 is 0 Å².